The maximum absolute atomic E-state index is 6.85. The molecule has 330 valence electrons. The summed E-state index contributed by atoms with van der Waals surface area (Å²) in [7, 11) is 0. The highest BCUT2D eigenvalue weighted by atomic mass is 16.3. The zero-order valence-electron chi connectivity index (χ0n) is 38.2. The summed E-state index contributed by atoms with van der Waals surface area (Å²) in [4.78, 5) is 16.2. The highest BCUT2D eigenvalue weighted by Crippen LogP contribution is 2.45. The number of para-hydroxylation sites is 4. The van der Waals surface area contributed by atoms with Gasteiger partial charge in [-0.2, -0.15) is 0 Å². The highest BCUT2D eigenvalue weighted by Gasteiger charge is 2.24. The number of aromatic nitrogens is 5. The first kappa shape index (κ1) is 39.4. The number of nitrogens with zero attached hydrogens (tertiary/aromatic N) is 5. The van der Waals surface area contributed by atoms with Crippen LogP contribution in [0.2, 0.25) is 0 Å². The van der Waals surface area contributed by atoms with Crippen LogP contribution >= 0.6 is 0 Å². The maximum atomic E-state index is 6.85. The summed E-state index contributed by atoms with van der Waals surface area (Å²) in [6.07, 6.45) is 0. The van der Waals surface area contributed by atoms with Crippen LogP contribution in [-0.2, 0) is 0 Å². The first-order chi connectivity index (χ1) is 35.2. The molecule has 0 unspecified atom stereocenters. The Morgan fingerprint density at radius 3 is 1.73 bits per heavy atom. The maximum Gasteiger partial charge on any atom is 0.166 e. The summed E-state index contributed by atoms with van der Waals surface area (Å²) in [6.45, 7) is 0. The van der Waals surface area contributed by atoms with Crippen LogP contribution in [0.25, 0.3) is 144 Å². The first-order valence-electron chi connectivity index (χ1n) is 24.0. The molecule has 0 bridgehead atoms. The van der Waals surface area contributed by atoms with E-state index in [2.05, 4.69) is 228 Å². The van der Waals surface area contributed by atoms with Gasteiger partial charge in [0.05, 0.1) is 27.8 Å². The van der Waals surface area contributed by atoms with Crippen molar-refractivity contribution in [2.24, 2.45) is 0 Å². The topological polar surface area (TPSA) is 61.7 Å². The quantitative estimate of drug-likeness (QED) is 0.167. The van der Waals surface area contributed by atoms with Crippen LogP contribution in [0.1, 0.15) is 0 Å². The molecule has 71 heavy (non-hydrogen) atoms. The molecular formula is C65H39N5O. The van der Waals surface area contributed by atoms with E-state index in [-0.39, 0.29) is 0 Å². The summed E-state index contributed by atoms with van der Waals surface area (Å²) < 4.78 is 11.6. The van der Waals surface area contributed by atoms with Crippen molar-refractivity contribution in [3.63, 3.8) is 0 Å². The van der Waals surface area contributed by atoms with Crippen molar-refractivity contribution in [1.29, 1.82) is 0 Å². The third-order valence-electron chi connectivity index (χ3n) is 14.3. The molecule has 0 saturated carbocycles. The molecule has 15 aromatic rings. The van der Waals surface area contributed by atoms with E-state index in [0.29, 0.717) is 17.5 Å². The van der Waals surface area contributed by atoms with E-state index in [1.54, 1.807) is 0 Å². The summed E-state index contributed by atoms with van der Waals surface area (Å²) >= 11 is 0. The summed E-state index contributed by atoms with van der Waals surface area (Å²) in [5.74, 6) is 1.76. The molecule has 0 saturated heterocycles. The molecule has 0 aliphatic carbocycles. The van der Waals surface area contributed by atoms with Crippen molar-refractivity contribution >= 4 is 87.1 Å². The molecular weight excluding hydrogens is 867 g/mol. The fourth-order valence-electron chi connectivity index (χ4n) is 11.2. The lowest BCUT2D eigenvalue weighted by molar-refractivity contribution is 0.673. The number of hydrogen-bond donors (Lipinski definition) is 0. The summed E-state index contributed by atoms with van der Waals surface area (Å²) in [6, 6.07) is 83.9. The lowest BCUT2D eigenvalue weighted by atomic mass is 9.95. The number of hydrogen-bond acceptors (Lipinski definition) is 4. The van der Waals surface area contributed by atoms with Gasteiger partial charge in [0.25, 0.3) is 0 Å². The summed E-state index contributed by atoms with van der Waals surface area (Å²) in [5, 5.41) is 11.4. The standard InChI is InChI=1S/C65H39N5O/c1-3-18-41(19-4-1)63-66-64(68-65(67-63)52-29-15-28-50-47-25-11-13-30-55(47)69(61(50)52)45-22-5-2-6-23-45)44-34-36-57(70-56-31-14-12-26-48(56)53-37-42-20-7-8-21-43(42)39-58(53)70)54(38-44)49-27-16-32-59-60(49)51-35-33-40-17-9-10-24-46(40)62(51)71-59/h1-39H. The second-order valence-electron chi connectivity index (χ2n) is 18.3. The molecule has 0 fully saturated rings. The Balaban J connectivity index is 1.03. The first-order valence-corrected chi connectivity index (χ1v) is 24.0. The number of benzene rings is 11. The Morgan fingerprint density at radius 2 is 0.930 bits per heavy atom. The molecule has 15 rings (SSSR count). The van der Waals surface area contributed by atoms with Crippen molar-refractivity contribution in [3.05, 3.63) is 237 Å². The average Bonchev–Trinajstić information content (AvgIpc) is 4.10. The van der Waals surface area contributed by atoms with Gasteiger partial charge in [-0.3, -0.25) is 0 Å². The molecule has 6 heteroatoms. The van der Waals surface area contributed by atoms with Crippen LogP contribution in [0.3, 0.4) is 0 Å². The molecule has 0 atom stereocenters. The fraction of sp³-hybridized carbons (Fsp3) is 0. The molecule has 4 aromatic heterocycles. The van der Waals surface area contributed by atoms with Crippen molar-refractivity contribution in [3.8, 4) is 56.7 Å². The zero-order valence-corrected chi connectivity index (χ0v) is 38.2. The average molecular weight is 906 g/mol. The fourth-order valence-corrected chi connectivity index (χ4v) is 11.2. The lowest BCUT2D eigenvalue weighted by Crippen LogP contribution is -2.03. The van der Waals surface area contributed by atoms with Gasteiger partial charge in [-0.25, -0.2) is 15.0 Å². The third-order valence-corrected chi connectivity index (χ3v) is 14.3. The minimum absolute atomic E-state index is 0.574. The van der Waals surface area contributed by atoms with E-state index in [9.17, 15) is 0 Å². The van der Waals surface area contributed by atoms with Crippen molar-refractivity contribution in [2.75, 3.05) is 0 Å². The van der Waals surface area contributed by atoms with E-state index in [1.165, 1.54) is 21.5 Å². The zero-order chi connectivity index (χ0) is 46.6. The number of fused-ring (bicyclic) bond motifs is 12. The molecule has 0 aliphatic heterocycles. The van der Waals surface area contributed by atoms with Gasteiger partial charge in [0, 0.05) is 65.6 Å². The Kier molecular flexibility index (Phi) is 8.56. The smallest absolute Gasteiger partial charge is 0.166 e. The van der Waals surface area contributed by atoms with Gasteiger partial charge < -0.3 is 13.6 Å². The SMILES string of the molecule is c1ccc(-c2nc(-c3ccc(-n4c5ccccc5c5cc6ccccc6cc54)c(-c4cccc5oc6c7ccccc7ccc6c45)c3)nc(-c3cccc4c5ccccc5n(-c5ccccc5)c34)n2)cc1. The van der Waals surface area contributed by atoms with Crippen LogP contribution in [0, 0.1) is 0 Å². The van der Waals surface area contributed by atoms with E-state index >= 15 is 0 Å². The molecule has 6 nitrogen and oxygen atoms in total. The Hall–Kier alpha value is -9.65. The van der Waals surface area contributed by atoms with Gasteiger partial charge in [-0.1, -0.05) is 164 Å². The number of rotatable bonds is 6. The molecule has 0 radical (unpaired) electrons. The van der Waals surface area contributed by atoms with Gasteiger partial charge in [0.15, 0.2) is 17.5 Å². The minimum Gasteiger partial charge on any atom is -0.455 e. The van der Waals surface area contributed by atoms with E-state index < -0.39 is 0 Å². The largest absolute Gasteiger partial charge is 0.455 e. The van der Waals surface area contributed by atoms with Gasteiger partial charge in [0.2, 0.25) is 0 Å². The summed E-state index contributed by atoms with van der Waals surface area (Å²) in [5.41, 5.74) is 13.0. The van der Waals surface area contributed by atoms with Crippen LogP contribution in [0.4, 0.5) is 0 Å². The second-order valence-corrected chi connectivity index (χ2v) is 18.3. The van der Waals surface area contributed by atoms with E-state index in [1.807, 2.05) is 18.2 Å². The monoisotopic (exact) mass is 905 g/mol. The number of furan rings is 1. The molecule has 0 spiro atoms. The van der Waals surface area contributed by atoms with Crippen LogP contribution < -0.4 is 0 Å². The van der Waals surface area contributed by atoms with Crippen molar-refractivity contribution in [2.45, 2.75) is 0 Å². The molecule has 11 aromatic carbocycles. The predicted molar refractivity (Wildman–Crippen MR) is 293 cm³/mol. The van der Waals surface area contributed by atoms with Gasteiger partial charge in [-0.15, -0.1) is 0 Å². The Labute approximate surface area is 407 Å². The molecule has 0 aliphatic rings. The highest BCUT2D eigenvalue weighted by molar-refractivity contribution is 6.20. The minimum atomic E-state index is 0.574. The van der Waals surface area contributed by atoms with Crippen LogP contribution in [0.15, 0.2) is 241 Å². The third kappa shape index (κ3) is 6.05. The molecule has 0 N–H and O–H groups in total. The van der Waals surface area contributed by atoms with E-state index in [4.69, 9.17) is 19.4 Å². The van der Waals surface area contributed by atoms with E-state index in [0.717, 1.165) is 105 Å². The van der Waals surface area contributed by atoms with Crippen LogP contribution in [0.5, 0.6) is 0 Å². The lowest BCUT2D eigenvalue weighted by Gasteiger charge is -2.17. The predicted octanol–water partition coefficient (Wildman–Crippen LogP) is 16.9. The second kappa shape index (κ2) is 15.4. The normalized spacial score (nSPS) is 11.9. The van der Waals surface area contributed by atoms with Gasteiger partial charge >= 0.3 is 0 Å². The molecule has 0 amide bonds. The van der Waals surface area contributed by atoms with Gasteiger partial charge in [0.1, 0.15) is 11.2 Å². The van der Waals surface area contributed by atoms with Crippen LogP contribution in [-0.4, -0.2) is 24.1 Å². The Morgan fingerprint density at radius 1 is 0.324 bits per heavy atom. The van der Waals surface area contributed by atoms with Gasteiger partial charge in [-0.05, 0) is 94.5 Å². The van der Waals surface area contributed by atoms with Crippen molar-refractivity contribution < 1.29 is 4.42 Å². The van der Waals surface area contributed by atoms with Crippen molar-refractivity contribution in [1.82, 2.24) is 24.1 Å². The Bertz CT molecular complexity index is 4640. The molecule has 4 heterocycles.